The third kappa shape index (κ3) is 2.45. The summed E-state index contributed by atoms with van der Waals surface area (Å²) in [6, 6.07) is 11.2. The van der Waals surface area contributed by atoms with Crippen molar-refractivity contribution in [3.05, 3.63) is 35.9 Å². The van der Waals surface area contributed by atoms with E-state index in [4.69, 9.17) is 0 Å². The van der Waals surface area contributed by atoms with Gasteiger partial charge in [0.25, 0.3) is 0 Å². The lowest BCUT2D eigenvalue weighted by molar-refractivity contribution is 0.147. The van der Waals surface area contributed by atoms with Gasteiger partial charge in [0.15, 0.2) is 0 Å². The Morgan fingerprint density at radius 3 is 2.62 bits per heavy atom. The van der Waals surface area contributed by atoms with E-state index in [1.165, 1.54) is 18.4 Å². The van der Waals surface area contributed by atoms with E-state index in [1.54, 1.807) is 0 Å². The maximum atomic E-state index is 9.42. The lowest BCUT2D eigenvalue weighted by Gasteiger charge is -2.35. The van der Waals surface area contributed by atoms with E-state index in [2.05, 4.69) is 35.6 Å². The van der Waals surface area contributed by atoms with Crippen LogP contribution in [-0.4, -0.2) is 24.8 Å². The van der Waals surface area contributed by atoms with Gasteiger partial charge in [0.2, 0.25) is 0 Å². The molecule has 1 aliphatic rings. The van der Waals surface area contributed by atoms with Crippen molar-refractivity contribution < 1.29 is 5.11 Å². The molecule has 0 bridgehead atoms. The van der Waals surface area contributed by atoms with Crippen LogP contribution in [0.5, 0.6) is 0 Å². The van der Waals surface area contributed by atoms with Crippen LogP contribution in [0.2, 0.25) is 0 Å². The summed E-state index contributed by atoms with van der Waals surface area (Å²) < 4.78 is 0. The molecule has 1 aliphatic carbocycles. The van der Waals surface area contributed by atoms with Gasteiger partial charge >= 0.3 is 0 Å². The second kappa shape index (κ2) is 5.46. The van der Waals surface area contributed by atoms with Gasteiger partial charge < -0.3 is 10.4 Å². The maximum Gasteiger partial charge on any atom is 0.0474 e. The molecule has 88 valence electrons. The van der Waals surface area contributed by atoms with Gasteiger partial charge in [-0.1, -0.05) is 30.3 Å². The summed E-state index contributed by atoms with van der Waals surface area (Å²) in [4.78, 5) is 0. The fourth-order valence-corrected chi connectivity index (χ4v) is 2.87. The second-order valence-electron chi connectivity index (χ2n) is 4.76. The number of nitrogens with one attached hydrogen (secondary N) is 1. The molecule has 2 nitrogen and oxygen atoms in total. The van der Waals surface area contributed by atoms with Crippen molar-refractivity contribution in [2.45, 2.75) is 31.2 Å². The first-order valence-electron chi connectivity index (χ1n) is 6.18. The van der Waals surface area contributed by atoms with Crippen LogP contribution < -0.4 is 5.32 Å². The highest BCUT2D eigenvalue weighted by atomic mass is 16.3. The van der Waals surface area contributed by atoms with Gasteiger partial charge in [-0.25, -0.2) is 0 Å². The van der Waals surface area contributed by atoms with Gasteiger partial charge in [-0.3, -0.25) is 0 Å². The Balaban J connectivity index is 2.05. The zero-order chi connectivity index (χ0) is 11.4. The third-order valence-electron chi connectivity index (χ3n) is 3.86. The quantitative estimate of drug-likeness (QED) is 0.816. The van der Waals surface area contributed by atoms with Crippen LogP contribution in [0.1, 0.15) is 30.7 Å². The Bertz CT molecular complexity index is 312. The van der Waals surface area contributed by atoms with Crippen molar-refractivity contribution in [2.75, 3.05) is 13.7 Å². The van der Waals surface area contributed by atoms with Crippen LogP contribution in [-0.2, 0) is 0 Å². The number of rotatable bonds is 3. The first-order valence-corrected chi connectivity index (χ1v) is 6.18. The average Bonchev–Trinajstić information content (AvgIpc) is 2.39. The predicted octanol–water partition coefficient (Wildman–Crippen LogP) is 2.15. The number of hydrogen-bond acceptors (Lipinski definition) is 2. The molecule has 1 aromatic carbocycles. The zero-order valence-corrected chi connectivity index (χ0v) is 9.89. The lowest BCUT2D eigenvalue weighted by atomic mass is 9.75. The molecule has 0 saturated heterocycles. The Hall–Kier alpha value is -0.860. The Morgan fingerprint density at radius 2 is 2.00 bits per heavy atom. The molecule has 1 aromatic rings. The molecule has 16 heavy (non-hydrogen) atoms. The minimum absolute atomic E-state index is 0.300. The van der Waals surface area contributed by atoms with Crippen molar-refractivity contribution >= 4 is 0 Å². The Kier molecular flexibility index (Phi) is 3.97. The zero-order valence-electron chi connectivity index (χ0n) is 9.89. The van der Waals surface area contributed by atoms with E-state index < -0.39 is 0 Å². The van der Waals surface area contributed by atoms with Crippen molar-refractivity contribution in [1.29, 1.82) is 0 Å². The molecule has 2 heteroatoms. The summed E-state index contributed by atoms with van der Waals surface area (Å²) in [6.45, 7) is 0.300. The van der Waals surface area contributed by atoms with Crippen LogP contribution in [0, 0.1) is 5.92 Å². The largest absolute Gasteiger partial charge is 0.396 e. The monoisotopic (exact) mass is 219 g/mol. The van der Waals surface area contributed by atoms with E-state index in [-0.39, 0.29) is 0 Å². The highest BCUT2D eigenvalue weighted by molar-refractivity contribution is 5.20. The molecule has 2 N–H and O–H groups in total. The van der Waals surface area contributed by atoms with Gasteiger partial charge in [0.1, 0.15) is 0 Å². The highest BCUT2D eigenvalue weighted by Crippen LogP contribution is 2.35. The lowest BCUT2D eigenvalue weighted by Crippen LogP contribution is -2.39. The fourth-order valence-electron chi connectivity index (χ4n) is 2.87. The topological polar surface area (TPSA) is 32.3 Å². The van der Waals surface area contributed by atoms with Crippen LogP contribution in [0.3, 0.4) is 0 Å². The summed E-state index contributed by atoms with van der Waals surface area (Å²) in [5.41, 5.74) is 1.43. The number of aliphatic hydroxyl groups excluding tert-OH is 1. The molecule has 0 spiro atoms. The molecule has 0 aliphatic heterocycles. The average molecular weight is 219 g/mol. The Labute approximate surface area is 97.7 Å². The molecule has 3 atom stereocenters. The third-order valence-corrected chi connectivity index (χ3v) is 3.86. The first-order chi connectivity index (χ1) is 7.85. The van der Waals surface area contributed by atoms with E-state index in [0.717, 1.165) is 6.42 Å². The molecule has 0 radical (unpaired) electrons. The van der Waals surface area contributed by atoms with Gasteiger partial charge in [-0.05, 0) is 43.7 Å². The van der Waals surface area contributed by atoms with Gasteiger partial charge in [0.05, 0.1) is 0 Å². The van der Waals surface area contributed by atoms with Gasteiger partial charge in [-0.15, -0.1) is 0 Å². The summed E-state index contributed by atoms with van der Waals surface area (Å²) in [5.74, 6) is 1.03. The number of aliphatic hydroxyl groups is 1. The van der Waals surface area contributed by atoms with E-state index in [9.17, 15) is 5.11 Å². The number of benzene rings is 1. The standard InChI is InChI=1S/C14H21NO/c1-15-14-8-7-12(9-13(14)10-16)11-5-3-2-4-6-11/h2-6,12-16H,7-10H2,1H3. The molecule has 2 rings (SSSR count). The molecule has 0 aromatic heterocycles. The molecule has 1 saturated carbocycles. The summed E-state index contributed by atoms with van der Waals surface area (Å²) in [5, 5.41) is 12.7. The second-order valence-corrected chi connectivity index (χ2v) is 4.76. The fraction of sp³-hybridized carbons (Fsp3) is 0.571. The molecule has 0 amide bonds. The van der Waals surface area contributed by atoms with Crippen LogP contribution in [0.15, 0.2) is 30.3 Å². The van der Waals surface area contributed by atoms with Crippen LogP contribution >= 0.6 is 0 Å². The molecular formula is C14H21NO. The predicted molar refractivity (Wildman–Crippen MR) is 66.5 cm³/mol. The van der Waals surface area contributed by atoms with Crippen molar-refractivity contribution in [1.82, 2.24) is 5.32 Å². The number of hydrogen-bond donors (Lipinski definition) is 2. The SMILES string of the molecule is CNC1CCC(c2ccccc2)CC1CO. The van der Waals surface area contributed by atoms with E-state index in [1.807, 2.05) is 7.05 Å². The molecule has 1 fully saturated rings. The summed E-state index contributed by atoms with van der Waals surface area (Å²) in [7, 11) is 2.00. The minimum atomic E-state index is 0.300. The van der Waals surface area contributed by atoms with Crippen molar-refractivity contribution in [2.24, 2.45) is 5.92 Å². The van der Waals surface area contributed by atoms with Crippen molar-refractivity contribution in [3.8, 4) is 0 Å². The molecule has 0 heterocycles. The normalized spacial score (nSPS) is 30.2. The maximum absolute atomic E-state index is 9.42. The summed E-state index contributed by atoms with van der Waals surface area (Å²) >= 11 is 0. The first kappa shape index (κ1) is 11.6. The van der Waals surface area contributed by atoms with Crippen molar-refractivity contribution in [3.63, 3.8) is 0 Å². The summed E-state index contributed by atoms with van der Waals surface area (Å²) in [6.07, 6.45) is 3.50. The molecule has 3 unspecified atom stereocenters. The van der Waals surface area contributed by atoms with Crippen LogP contribution in [0.4, 0.5) is 0 Å². The highest BCUT2D eigenvalue weighted by Gasteiger charge is 2.29. The van der Waals surface area contributed by atoms with E-state index >= 15 is 0 Å². The smallest absolute Gasteiger partial charge is 0.0474 e. The minimum Gasteiger partial charge on any atom is -0.396 e. The van der Waals surface area contributed by atoms with Crippen LogP contribution in [0.25, 0.3) is 0 Å². The Morgan fingerprint density at radius 1 is 1.25 bits per heavy atom. The molecular weight excluding hydrogens is 198 g/mol. The van der Waals surface area contributed by atoms with Gasteiger partial charge in [0, 0.05) is 12.6 Å². The van der Waals surface area contributed by atoms with Gasteiger partial charge in [-0.2, -0.15) is 0 Å². The van der Waals surface area contributed by atoms with E-state index in [0.29, 0.717) is 24.5 Å².